The molecule has 0 unspecified atom stereocenters. The Morgan fingerprint density at radius 2 is 1.67 bits per heavy atom. The molecule has 0 atom stereocenters. The van der Waals surface area contributed by atoms with E-state index in [1.165, 1.54) is 6.42 Å². The summed E-state index contributed by atoms with van der Waals surface area (Å²) in [6, 6.07) is 14.2. The molecule has 0 amide bonds. The number of unbranched alkanes of at least 4 members (excludes halogenated alkanes) is 3. The summed E-state index contributed by atoms with van der Waals surface area (Å²) in [6.07, 6.45) is 6.11. The van der Waals surface area contributed by atoms with Crippen LogP contribution in [0.5, 0.6) is 5.75 Å². The number of hydrogen-bond donors (Lipinski definition) is 0. The maximum absolute atomic E-state index is 12.7. The van der Waals surface area contributed by atoms with Gasteiger partial charge in [0.1, 0.15) is 10.6 Å². The van der Waals surface area contributed by atoms with Crippen LogP contribution in [0.2, 0.25) is 0 Å². The maximum Gasteiger partial charge on any atom is 0.339 e. The first kappa shape index (κ1) is 18.5. The van der Waals surface area contributed by atoms with E-state index in [4.69, 9.17) is 4.18 Å². The smallest absolute Gasteiger partial charge is 0.339 e. The van der Waals surface area contributed by atoms with Crippen molar-refractivity contribution in [3.05, 3.63) is 59.7 Å². The van der Waals surface area contributed by atoms with Crippen molar-refractivity contribution in [1.82, 2.24) is 0 Å². The Kier molecular flexibility index (Phi) is 6.85. The molecule has 130 valence electrons. The Labute approximate surface area is 145 Å². The molecule has 0 radical (unpaired) electrons. The minimum absolute atomic E-state index is 0.292. The van der Waals surface area contributed by atoms with Gasteiger partial charge in [-0.15, -0.1) is 0 Å². The summed E-state index contributed by atoms with van der Waals surface area (Å²) >= 11 is 0. The van der Waals surface area contributed by atoms with Crippen LogP contribution in [-0.2, 0) is 23.0 Å². The molecule has 0 aromatic heterocycles. The Morgan fingerprint density at radius 3 is 2.33 bits per heavy atom. The topological polar surface area (TPSA) is 43.4 Å². The third-order valence-electron chi connectivity index (χ3n) is 4.05. The maximum atomic E-state index is 12.7. The van der Waals surface area contributed by atoms with Gasteiger partial charge in [0.2, 0.25) is 0 Å². The van der Waals surface area contributed by atoms with E-state index < -0.39 is 10.1 Å². The number of hydrogen-bond acceptors (Lipinski definition) is 3. The normalized spacial score (nSPS) is 11.4. The molecule has 4 heteroatoms. The Morgan fingerprint density at radius 1 is 0.917 bits per heavy atom. The van der Waals surface area contributed by atoms with Gasteiger partial charge in [-0.2, -0.15) is 8.42 Å². The highest BCUT2D eigenvalue weighted by atomic mass is 32.2. The molecule has 0 fully saturated rings. The minimum Gasteiger partial charge on any atom is -0.379 e. The molecule has 0 saturated carbocycles. The van der Waals surface area contributed by atoms with Crippen LogP contribution in [0.15, 0.2) is 53.4 Å². The highest BCUT2D eigenvalue weighted by Crippen LogP contribution is 2.24. The minimum atomic E-state index is -3.81. The fourth-order valence-electron chi connectivity index (χ4n) is 2.68. The largest absolute Gasteiger partial charge is 0.379 e. The van der Waals surface area contributed by atoms with Crippen LogP contribution in [0, 0.1) is 0 Å². The van der Waals surface area contributed by atoms with Gasteiger partial charge in [-0.1, -0.05) is 63.4 Å². The predicted octanol–water partition coefficient (Wildman–Crippen LogP) is 5.14. The summed E-state index contributed by atoms with van der Waals surface area (Å²) in [5, 5.41) is 0. The van der Waals surface area contributed by atoms with E-state index in [2.05, 4.69) is 13.8 Å². The average Bonchev–Trinajstić information content (AvgIpc) is 2.59. The van der Waals surface area contributed by atoms with E-state index in [9.17, 15) is 8.42 Å². The molecular weight excluding hydrogens is 320 g/mol. The third kappa shape index (κ3) is 5.10. The second-order valence-electron chi connectivity index (χ2n) is 5.96. The van der Waals surface area contributed by atoms with Gasteiger partial charge in [0.25, 0.3) is 0 Å². The van der Waals surface area contributed by atoms with E-state index in [-0.39, 0.29) is 0 Å². The lowest BCUT2D eigenvalue weighted by atomic mass is 10.0. The third-order valence-corrected chi connectivity index (χ3v) is 5.40. The van der Waals surface area contributed by atoms with Crippen molar-refractivity contribution in [2.75, 3.05) is 0 Å². The van der Waals surface area contributed by atoms with Crippen molar-refractivity contribution in [1.29, 1.82) is 0 Å². The zero-order valence-electron chi connectivity index (χ0n) is 14.5. The zero-order valence-corrected chi connectivity index (χ0v) is 15.3. The summed E-state index contributed by atoms with van der Waals surface area (Å²) in [4.78, 5) is 0.292. The number of aryl methyl sites for hydroxylation is 2. The van der Waals surface area contributed by atoms with E-state index >= 15 is 0 Å². The van der Waals surface area contributed by atoms with Gasteiger partial charge in [0.05, 0.1) is 0 Å². The van der Waals surface area contributed by atoms with Gasteiger partial charge in [0.15, 0.2) is 0 Å². The van der Waals surface area contributed by atoms with Crippen LogP contribution >= 0.6 is 0 Å². The zero-order chi connectivity index (χ0) is 17.4. The van der Waals surface area contributed by atoms with Crippen LogP contribution < -0.4 is 4.18 Å². The second kappa shape index (κ2) is 8.88. The van der Waals surface area contributed by atoms with Gasteiger partial charge in [-0.3, -0.25) is 0 Å². The van der Waals surface area contributed by atoms with Crippen molar-refractivity contribution in [2.24, 2.45) is 0 Å². The van der Waals surface area contributed by atoms with Crippen LogP contribution in [0.1, 0.15) is 50.7 Å². The van der Waals surface area contributed by atoms with Gasteiger partial charge >= 0.3 is 10.1 Å². The summed E-state index contributed by atoms with van der Waals surface area (Å²) in [6.45, 7) is 4.24. The van der Waals surface area contributed by atoms with E-state index in [1.54, 1.807) is 30.3 Å². The van der Waals surface area contributed by atoms with E-state index in [1.807, 2.05) is 18.2 Å². The standard InChI is InChI=1S/C20H26O3S/c1-3-5-6-8-11-18-16-17(4-2)14-15-20(18)24(21,22)23-19-12-9-7-10-13-19/h7,9-10,12-16H,3-6,8,11H2,1-2H3. The molecule has 2 aromatic carbocycles. The highest BCUT2D eigenvalue weighted by Gasteiger charge is 2.21. The molecule has 0 aliphatic heterocycles. The lowest BCUT2D eigenvalue weighted by Crippen LogP contribution is -2.12. The highest BCUT2D eigenvalue weighted by molar-refractivity contribution is 7.87. The summed E-state index contributed by atoms with van der Waals surface area (Å²) in [7, 11) is -3.81. The molecule has 24 heavy (non-hydrogen) atoms. The van der Waals surface area contributed by atoms with Crippen molar-refractivity contribution in [2.45, 2.75) is 57.3 Å². The van der Waals surface area contributed by atoms with Gasteiger partial charge < -0.3 is 4.18 Å². The predicted molar refractivity (Wildman–Crippen MR) is 97.9 cm³/mol. The second-order valence-corrected chi connectivity index (χ2v) is 7.47. The van der Waals surface area contributed by atoms with Crippen molar-refractivity contribution < 1.29 is 12.6 Å². The fourth-order valence-corrected chi connectivity index (χ4v) is 3.85. The molecule has 0 N–H and O–H groups in total. The molecule has 3 nitrogen and oxygen atoms in total. The van der Waals surface area contributed by atoms with Crippen molar-refractivity contribution >= 4 is 10.1 Å². The van der Waals surface area contributed by atoms with Gasteiger partial charge in [0, 0.05) is 0 Å². The van der Waals surface area contributed by atoms with Crippen LogP contribution in [-0.4, -0.2) is 8.42 Å². The lowest BCUT2D eigenvalue weighted by Gasteiger charge is -2.13. The number of benzene rings is 2. The van der Waals surface area contributed by atoms with Gasteiger partial charge in [-0.05, 0) is 48.6 Å². The van der Waals surface area contributed by atoms with E-state index in [0.29, 0.717) is 10.6 Å². The first-order valence-corrected chi connectivity index (χ1v) is 10.1. The summed E-state index contributed by atoms with van der Waals surface area (Å²) in [5.41, 5.74) is 2.01. The summed E-state index contributed by atoms with van der Waals surface area (Å²) in [5.74, 6) is 0.342. The molecule has 2 rings (SSSR count). The van der Waals surface area contributed by atoms with Crippen LogP contribution in [0.4, 0.5) is 0 Å². The van der Waals surface area contributed by atoms with Crippen LogP contribution in [0.25, 0.3) is 0 Å². The molecule has 2 aromatic rings. The molecule has 0 aliphatic carbocycles. The van der Waals surface area contributed by atoms with Gasteiger partial charge in [-0.25, -0.2) is 0 Å². The molecule has 0 heterocycles. The Hall–Kier alpha value is -1.81. The fraction of sp³-hybridized carbons (Fsp3) is 0.400. The average molecular weight is 346 g/mol. The molecule has 0 saturated heterocycles. The SMILES string of the molecule is CCCCCCc1cc(CC)ccc1S(=O)(=O)Oc1ccccc1. The van der Waals surface area contributed by atoms with Crippen LogP contribution in [0.3, 0.4) is 0 Å². The molecular formula is C20H26O3S. The first-order valence-electron chi connectivity index (χ1n) is 8.68. The van der Waals surface area contributed by atoms with Crippen molar-refractivity contribution in [3.63, 3.8) is 0 Å². The van der Waals surface area contributed by atoms with Crippen molar-refractivity contribution in [3.8, 4) is 5.75 Å². The molecule has 0 aliphatic rings. The number of para-hydroxylation sites is 1. The lowest BCUT2D eigenvalue weighted by molar-refractivity contribution is 0.484. The first-order chi connectivity index (χ1) is 11.6. The monoisotopic (exact) mass is 346 g/mol. The van der Waals surface area contributed by atoms with E-state index in [0.717, 1.165) is 43.2 Å². The Balaban J connectivity index is 2.26. The number of rotatable bonds is 9. The quantitative estimate of drug-likeness (QED) is 0.466. The Bertz CT molecular complexity index is 737. The molecule has 0 spiro atoms. The summed E-state index contributed by atoms with van der Waals surface area (Å²) < 4.78 is 30.7. The molecule has 0 bridgehead atoms.